The van der Waals surface area contributed by atoms with Crippen molar-refractivity contribution in [3.8, 4) is 11.5 Å². The molecule has 3 heterocycles. The highest BCUT2D eigenvalue weighted by molar-refractivity contribution is 7.10. The van der Waals surface area contributed by atoms with Crippen LogP contribution >= 0.6 is 22.7 Å². The molecule has 0 amide bonds. The fourth-order valence-corrected chi connectivity index (χ4v) is 5.54. The molecule has 2 aromatic heterocycles. The van der Waals surface area contributed by atoms with Gasteiger partial charge in [-0.15, -0.1) is 11.3 Å². The molecule has 32 heavy (non-hydrogen) atoms. The Labute approximate surface area is 192 Å². The molecule has 0 N–H and O–H groups in total. The number of para-hydroxylation sites is 1. The van der Waals surface area contributed by atoms with Gasteiger partial charge >= 0.3 is 5.97 Å². The second-order valence-corrected chi connectivity index (χ2v) is 8.89. The molecule has 1 atom stereocenters. The fraction of sp³-hybridized carbons (Fsp3) is 0.261. The molecule has 0 saturated heterocycles. The smallest absolute Gasteiger partial charge is 0.338 e. The Balaban J connectivity index is 1.95. The quantitative estimate of drug-likeness (QED) is 0.518. The van der Waals surface area contributed by atoms with Crippen molar-refractivity contribution in [2.75, 3.05) is 20.8 Å². The van der Waals surface area contributed by atoms with Gasteiger partial charge in [-0.05, 0) is 37.4 Å². The SMILES string of the molecule is CCOC(=O)C1=C(C)N=c2s/c(=C\c3cccc(OC)c3OC)c(=O)n2[C@H]1c1cccs1. The topological polar surface area (TPSA) is 79.1 Å². The molecule has 0 fully saturated rings. The lowest BCUT2D eigenvalue weighted by Gasteiger charge is -2.23. The first-order chi connectivity index (χ1) is 15.5. The van der Waals surface area contributed by atoms with Crippen molar-refractivity contribution in [2.24, 2.45) is 4.99 Å². The Morgan fingerprint density at radius 2 is 2.03 bits per heavy atom. The zero-order valence-electron chi connectivity index (χ0n) is 18.1. The molecule has 1 aliphatic rings. The molecular weight excluding hydrogens is 448 g/mol. The van der Waals surface area contributed by atoms with E-state index in [0.29, 0.717) is 37.7 Å². The van der Waals surface area contributed by atoms with E-state index in [2.05, 4.69) is 4.99 Å². The number of fused-ring (bicyclic) bond motifs is 1. The summed E-state index contributed by atoms with van der Waals surface area (Å²) in [6.45, 7) is 3.77. The van der Waals surface area contributed by atoms with Crippen molar-refractivity contribution >= 4 is 34.7 Å². The summed E-state index contributed by atoms with van der Waals surface area (Å²) < 4.78 is 18.2. The van der Waals surface area contributed by atoms with Gasteiger partial charge < -0.3 is 14.2 Å². The predicted octanol–water partition coefficient (Wildman–Crippen LogP) is 2.88. The molecule has 0 bridgehead atoms. The van der Waals surface area contributed by atoms with E-state index >= 15 is 0 Å². The Morgan fingerprint density at radius 3 is 2.69 bits per heavy atom. The fourth-order valence-electron chi connectivity index (χ4n) is 3.67. The number of nitrogens with zero attached hydrogens (tertiary/aromatic N) is 2. The number of hydrogen-bond acceptors (Lipinski definition) is 8. The lowest BCUT2D eigenvalue weighted by molar-refractivity contribution is -0.139. The van der Waals surface area contributed by atoms with Gasteiger partial charge in [-0.2, -0.15) is 0 Å². The second kappa shape index (κ2) is 9.13. The zero-order valence-corrected chi connectivity index (χ0v) is 19.7. The van der Waals surface area contributed by atoms with Crippen LogP contribution in [0, 0.1) is 0 Å². The summed E-state index contributed by atoms with van der Waals surface area (Å²) in [7, 11) is 3.12. The standard InChI is InChI=1S/C23H22N2O5S2/c1-5-30-22(27)18-13(2)24-23-25(19(18)16-10-7-11-31-16)21(26)17(32-23)12-14-8-6-9-15(28-3)20(14)29-4/h6-12,19H,5H2,1-4H3/b17-12-/t19-/m0/s1. The Kier molecular flexibility index (Phi) is 6.29. The van der Waals surface area contributed by atoms with Crippen LogP contribution < -0.4 is 24.4 Å². The van der Waals surface area contributed by atoms with Crippen molar-refractivity contribution in [2.45, 2.75) is 19.9 Å². The van der Waals surface area contributed by atoms with Crippen molar-refractivity contribution < 1.29 is 19.0 Å². The van der Waals surface area contributed by atoms with Gasteiger partial charge in [-0.3, -0.25) is 9.36 Å². The first-order valence-electron chi connectivity index (χ1n) is 9.94. The number of carbonyl (C=O) groups excluding carboxylic acids is 1. The normalized spacial score (nSPS) is 15.9. The van der Waals surface area contributed by atoms with Gasteiger partial charge in [0.15, 0.2) is 16.3 Å². The number of thiazole rings is 1. The van der Waals surface area contributed by atoms with E-state index in [1.165, 1.54) is 22.7 Å². The first-order valence-corrected chi connectivity index (χ1v) is 11.6. The number of ether oxygens (including phenoxy) is 3. The van der Waals surface area contributed by atoms with E-state index in [1.807, 2.05) is 29.6 Å². The molecular formula is C23H22N2O5S2. The van der Waals surface area contributed by atoms with Gasteiger partial charge in [0, 0.05) is 10.4 Å². The van der Waals surface area contributed by atoms with Gasteiger partial charge in [0.25, 0.3) is 5.56 Å². The van der Waals surface area contributed by atoms with Gasteiger partial charge in [-0.1, -0.05) is 29.5 Å². The molecule has 1 aromatic carbocycles. The summed E-state index contributed by atoms with van der Waals surface area (Å²) in [4.78, 5) is 32.3. The number of rotatable bonds is 6. The number of thiophene rings is 1. The number of esters is 1. The van der Waals surface area contributed by atoms with Crippen LogP contribution in [0.5, 0.6) is 11.5 Å². The van der Waals surface area contributed by atoms with Crippen LogP contribution in [0.2, 0.25) is 0 Å². The number of aromatic nitrogens is 1. The van der Waals surface area contributed by atoms with Crippen molar-refractivity contribution in [1.82, 2.24) is 4.57 Å². The third-order valence-corrected chi connectivity index (χ3v) is 6.96. The van der Waals surface area contributed by atoms with Gasteiger partial charge in [0.1, 0.15) is 6.04 Å². The van der Waals surface area contributed by atoms with E-state index in [9.17, 15) is 9.59 Å². The largest absolute Gasteiger partial charge is 0.493 e. The molecule has 0 saturated carbocycles. The molecule has 0 aliphatic carbocycles. The average Bonchev–Trinajstić information content (AvgIpc) is 3.41. The molecule has 0 spiro atoms. The minimum absolute atomic E-state index is 0.230. The maximum absolute atomic E-state index is 13.6. The van der Waals surface area contributed by atoms with Crippen LogP contribution in [0.15, 0.2) is 56.8 Å². The maximum Gasteiger partial charge on any atom is 0.338 e. The third kappa shape index (κ3) is 3.78. The lowest BCUT2D eigenvalue weighted by Crippen LogP contribution is -2.39. The number of methoxy groups -OCH3 is 2. The highest BCUT2D eigenvalue weighted by Crippen LogP contribution is 2.33. The second-order valence-electron chi connectivity index (χ2n) is 6.90. The minimum Gasteiger partial charge on any atom is -0.493 e. The highest BCUT2D eigenvalue weighted by atomic mass is 32.1. The summed E-state index contributed by atoms with van der Waals surface area (Å²) >= 11 is 2.75. The number of benzene rings is 1. The highest BCUT2D eigenvalue weighted by Gasteiger charge is 2.33. The van der Waals surface area contributed by atoms with Gasteiger partial charge in [0.2, 0.25) is 0 Å². The molecule has 0 radical (unpaired) electrons. The Morgan fingerprint density at radius 1 is 1.22 bits per heavy atom. The molecule has 3 aromatic rings. The van der Waals surface area contributed by atoms with Crippen LogP contribution in [-0.4, -0.2) is 31.4 Å². The van der Waals surface area contributed by atoms with Crippen LogP contribution in [0.4, 0.5) is 0 Å². The summed E-state index contributed by atoms with van der Waals surface area (Å²) in [5, 5.41) is 1.92. The van der Waals surface area contributed by atoms with Crippen LogP contribution in [0.1, 0.15) is 30.3 Å². The lowest BCUT2D eigenvalue weighted by atomic mass is 10.0. The maximum atomic E-state index is 13.6. The molecule has 4 rings (SSSR count). The number of allylic oxidation sites excluding steroid dienone is 1. The summed E-state index contributed by atoms with van der Waals surface area (Å²) in [6.07, 6.45) is 1.76. The van der Waals surface area contributed by atoms with Crippen molar-refractivity contribution in [1.29, 1.82) is 0 Å². The van der Waals surface area contributed by atoms with Crippen LogP contribution in [0.25, 0.3) is 6.08 Å². The number of hydrogen-bond donors (Lipinski definition) is 0. The van der Waals surface area contributed by atoms with Crippen molar-refractivity contribution in [3.63, 3.8) is 0 Å². The van der Waals surface area contributed by atoms with Crippen LogP contribution in [-0.2, 0) is 9.53 Å². The van der Waals surface area contributed by atoms with Gasteiger partial charge in [-0.25, -0.2) is 9.79 Å². The molecule has 166 valence electrons. The zero-order chi connectivity index (χ0) is 22.8. The van der Waals surface area contributed by atoms with E-state index in [1.54, 1.807) is 44.8 Å². The first kappa shape index (κ1) is 22.0. The number of carbonyl (C=O) groups is 1. The monoisotopic (exact) mass is 470 g/mol. The summed E-state index contributed by atoms with van der Waals surface area (Å²) in [5.41, 5.74) is 1.42. The summed E-state index contributed by atoms with van der Waals surface area (Å²) in [5.74, 6) is 0.654. The summed E-state index contributed by atoms with van der Waals surface area (Å²) in [6, 6.07) is 8.71. The predicted molar refractivity (Wildman–Crippen MR) is 124 cm³/mol. The Hall–Kier alpha value is -3.17. The Bertz CT molecular complexity index is 1370. The van der Waals surface area contributed by atoms with Gasteiger partial charge in [0.05, 0.1) is 36.6 Å². The van der Waals surface area contributed by atoms with E-state index in [-0.39, 0.29) is 12.2 Å². The molecule has 7 nitrogen and oxygen atoms in total. The average molecular weight is 471 g/mol. The van der Waals surface area contributed by atoms with E-state index in [0.717, 1.165) is 4.88 Å². The van der Waals surface area contributed by atoms with Crippen molar-refractivity contribution in [3.05, 3.63) is 77.1 Å². The molecule has 1 aliphatic heterocycles. The molecule has 9 heteroatoms. The molecule has 0 unspecified atom stereocenters. The minimum atomic E-state index is -0.584. The van der Waals surface area contributed by atoms with E-state index in [4.69, 9.17) is 14.2 Å². The van der Waals surface area contributed by atoms with Crippen LogP contribution in [0.3, 0.4) is 0 Å². The van der Waals surface area contributed by atoms with E-state index < -0.39 is 12.0 Å². The third-order valence-electron chi connectivity index (χ3n) is 5.05.